The molecule has 0 aliphatic heterocycles. The van der Waals surface area contributed by atoms with Crippen LogP contribution in [0, 0.1) is 11.6 Å². The van der Waals surface area contributed by atoms with Crippen LogP contribution in [-0.4, -0.2) is 14.2 Å². The molecule has 3 rings (SSSR count). The molecule has 2 nitrogen and oxygen atoms in total. The molecule has 26 heavy (non-hydrogen) atoms. The van der Waals surface area contributed by atoms with Crippen molar-refractivity contribution >= 4 is 12.2 Å². The summed E-state index contributed by atoms with van der Waals surface area (Å²) in [4.78, 5) is 0. The van der Waals surface area contributed by atoms with E-state index in [1.54, 1.807) is 26.4 Å². The topological polar surface area (TPSA) is 18.5 Å². The maximum atomic E-state index is 13.4. The lowest BCUT2D eigenvalue weighted by Crippen LogP contribution is -2.08. The Morgan fingerprint density at radius 2 is 1.42 bits per heavy atom. The summed E-state index contributed by atoms with van der Waals surface area (Å²) in [5.41, 5.74) is 2.63. The van der Waals surface area contributed by atoms with E-state index in [1.165, 1.54) is 25.3 Å². The van der Waals surface area contributed by atoms with Crippen LogP contribution in [0.2, 0.25) is 0 Å². The van der Waals surface area contributed by atoms with E-state index in [0.717, 1.165) is 41.5 Å². The standard InChI is InChI=1S/C22H24F2O2/c1-25-20-13-16(9-8-15-10-11-18(23)19(24)12-15)14-21(26-2)22(20)17-6-4-3-5-7-17/h8-14,17H,3-7H2,1-2H3/b9-8+. The molecule has 2 aromatic rings. The Morgan fingerprint density at radius 3 is 2.00 bits per heavy atom. The van der Waals surface area contributed by atoms with E-state index in [2.05, 4.69) is 0 Å². The predicted octanol–water partition coefficient (Wildman–Crippen LogP) is 6.20. The van der Waals surface area contributed by atoms with Crippen LogP contribution >= 0.6 is 0 Å². The van der Waals surface area contributed by atoms with Gasteiger partial charge in [-0.05, 0) is 54.2 Å². The van der Waals surface area contributed by atoms with E-state index in [0.29, 0.717) is 11.5 Å². The van der Waals surface area contributed by atoms with Crippen LogP contribution in [0.1, 0.15) is 54.7 Å². The zero-order valence-corrected chi connectivity index (χ0v) is 15.2. The van der Waals surface area contributed by atoms with Gasteiger partial charge in [0.25, 0.3) is 0 Å². The molecule has 1 aliphatic carbocycles. The second-order valence-electron chi connectivity index (χ2n) is 6.68. The fourth-order valence-corrected chi connectivity index (χ4v) is 3.66. The number of halogens is 2. The molecule has 0 unspecified atom stereocenters. The molecule has 0 spiro atoms. The molecule has 0 amide bonds. The second kappa shape index (κ2) is 8.35. The number of rotatable bonds is 5. The van der Waals surface area contributed by atoms with Gasteiger partial charge in [0.15, 0.2) is 11.6 Å². The highest BCUT2D eigenvalue weighted by atomic mass is 19.2. The van der Waals surface area contributed by atoms with Crippen molar-refractivity contribution in [3.8, 4) is 11.5 Å². The zero-order chi connectivity index (χ0) is 18.5. The van der Waals surface area contributed by atoms with E-state index in [1.807, 2.05) is 18.2 Å². The number of ether oxygens (including phenoxy) is 2. The van der Waals surface area contributed by atoms with Crippen molar-refractivity contribution in [2.45, 2.75) is 38.0 Å². The smallest absolute Gasteiger partial charge is 0.159 e. The molecule has 1 saturated carbocycles. The highest BCUT2D eigenvalue weighted by Crippen LogP contribution is 2.43. The minimum atomic E-state index is -0.852. The summed E-state index contributed by atoms with van der Waals surface area (Å²) in [6.45, 7) is 0. The first kappa shape index (κ1) is 18.4. The van der Waals surface area contributed by atoms with Crippen molar-refractivity contribution in [2.24, 2.45) is 0 Å². The lowest BCUT2D eigenvalue weighted by atomic mass is 9.82. The van der Waals surface area contributed by atoms with Gasteiger partial charge in [-0.3, -0.25) is 0 Å². The molecule has 0 atom stereocenters. The predicted molar refractivity (Wildman–Crippen MR) is 101 cm³/mol. The summed E-state index contributed by atoms with van der Waals surface area (Å²) >= 11 is 0. The number of benzene rings is 2. The molecular formula is C22H24F2O2. The minimum Gasteiger partial charge on any atom is -0.496 e. The first-order valence-electron chi connectivity index (χ1n) is 9.01. The van der Waals surface area contributed by atoms with Gasteiger partial charge in [0.1, 0.15) is 11.5 Å². The van der Waals surface area contributed by atoms with E-state index >= 15 is 0 Å². The SMILES string of the molecule is COc1cc(/C=C/c2ccc(F)c(F)c2)cc(OC)c1C1CCCCC1. The molecule has 1 aliphatic rings. The van der Waals surface area contributed by atoms with Crippen molar-refractivity contribution in [1.82, 2.24) is 0 Å². The highest BCUT2D eigenvalue weighted by Gasteiger charge is 2.23. The molecule has 2 aromatic carbocycles. The van der Waals surface area contributed by atoms with Gasteiger partial charge in [0.05, 0.1) is 14.2 Å². The van der Waals surface area contributed by atoms with Crippen LogP contribution in [0.15, 0.2) is 30.3 Å². The van der Waals surface area contributed by atoms with E-state index < -0.39 is 11.6 Å². The van der Waals surface area contributed by atoms with Gasteiger partial charge in [0, 0.05) is 5.56 Å². The molecule has 0 N–H and O–H groups in total. The molecular weight excluding hydrogens is 334 g/mol. The van der Waals surface area contributed by atoms with E-state index in [9.17, 15) is 8.78 Å². The fraction of sp³-hybridized carbons (Fsp3) is 0.364. The third-order valence-electron chi connectivity index (χ3n) is 4.99. The monoisotopic (exact) mass is 358 g/mol. The van der Waals surface area contributed by atoms with Crippen molar-refractivity contribution in [2.75, 3.05) is 14.2 Å². The van der Waals surface area contributed by atoms with Gasteiger partial charge in [-0.1, -0.05) is 37.5 Å². The van der Waals surface area contributed by atoms with Crippen LogP contribution in [0.4, 0.5) is 8.78 Å². The Kier molecular flexibility index (Phi) is 5.92. The van der Waals surface area contributed by atoms with Crippen LogP contribution in [0.5, 0.6) is 11.5 Å². The van der Waals surface area contributed by atoms with Gasteiger partial charge < -0.3 is 9.47 Å². The van der Waals surface area contributed by atoms with Crippen LogP contribution in [-0.2, 0) is 0 Å². The molecule has 0 radical (unpaired) electrons. The molecule has 138 valence electrons. The van der Waals surface area contributed by atoms with Gasteiger partial charge >= 0.3 is 0 Å². The van der Waals surface area contributed by atoms with Crippen molar-refractivity contribution < 1.29 is 18.3 Å². The van der Waals surface area contributed by atoms with Gasteiger partial charge in [0.2, 0.25) is 0 Å². The molecule has 0 bridgehead atoms. The highest BCUT2D eigenvalue weighted by molar-refractivity contribution is 5.72. The Morgan fingerprint density at radius 1 is 0.808 bits per heavy atom. The average Bonchev–Trinajstić information content (AvgIpc) is 2.68. The molecule has 0 saturated heterocycles. The normalized spacial score (nSPS) is 15.4. The Labute approximate surface area is 153 Å². The van der Waals surface area contributed by atoms with Crippen LogP contribution in [0.25, 0.3) is 12.2 Å². The number of methoxy groups -OCH3 is 2. The van der Waals surface area contributed by atoms with Crippen molar-refractivity contribution in [1.29, 1.82) is 0 Å². The summed E-state index contributed by atoms with van der Waals surface area (Å²) in [6.07, 6.45) is 9.65. The first-order chi connectivity index (χ1) is 12.6. The van der Waals surface area contributed by atoms with Crippen LogP contribution < -0.4 is 9.47 Å². The summed E-state index contributed by atoms with van der Waals surface area (Å²) < 4.78 is 37.7. The van der Waals surface area contributed by atoms with Crippen LogP contribution in [0.3, 0.4) is 0 Å². The quantitative estimate of drug-likeness (QED) is 0.593. The van der Waals surface area contributed by atoms with E-state index in [4.69, 9.17) is 9.47 Å². The third-order valence-corrected chi connectivity index (χ3v) is 4.99. The minimum absolute atomic E-state index is 0.456. The fourth-order valence-electron chi connectivity index (χ4n) is 3.66. The lowest BCUT2D eigenvalue weighted by Gasteiger charge is -2.26. The van der Waals surface area contributed by atoms with Crippen molar-refractivity contribution in [3.05, 3.63) is 58.7 Å². The Hall–Kier alpha value is -2.36. The molecule has 1 fully saturated rings. The summed E-state index contributed by atoms with van der Waals surface area (Å²) in [5.74, 6) is 0.400. The summed E-state index contributed by atoms with van der Waals surface area (Å²) in [7, 11) is 3.34. The lowest BCUT2D eigenvalue weighted by molar-refractivity contribution is 0.359. The number of hydrogen-bond acceptors (Lipinski definition) is 2. The van der Waals surface area contributed by atoms with Gasteiger partial charge in [-0.2, -0.15) is 0 Å². The second-order valence-corrected chi connectivity index (χ2v) is 6.68. The van der Waals surface area contributed by atoms with Gasteiger partial charge in [-0.25, -0.2) is 8.78 Å². The third kappa shape index (κ3) is 4.06. The van der Waals surface area contributed by atoms with Crippen molar-refractivity contribution in [3.63, 3.8) is 0 Å². The first-order valence-corrected chi connectivity index (χ1v) is 9.01. The largest absolute Gasteiger partial charge is 0.496 e. The average molecular weight is 358 g/mol. The molecule has 0 aromatic heterocycles. The molecule has 0 heterocycles. The zero-order valence-electron chi connectivity index (χ0n) is 15.2. The van der Waals surface area contributed by atoms with E-state index in [-0.39, 0.29) is 0 Å². The summed E-state index contributed by atoms with van der Waals surface area (Å²) in [6, 6.07) is 7.80. The maximum absolute atomic E-state index is 13.4. The number of hydrogen-bond donors (Lipinski definition) is 0. The summed E-state index contributed by atoms with van der Waals surface area (Å²) in [5, 5.41) is 0. The Balaban J connectivity index is 1.92. The maximum Gasteiger partial charge on any atom is 0.159 e. The van der Waals surface area contributed by atoms with Gasteiger partial charge in [-0.15, -0.1) is 0 Å². The molecule has 4 heteroatoms. The Bertz CT molecular complexity index is 768.